The van der Waals surface area contributed by atoms with Gasteiger partial charge in [-0.2, -0.15) is 4.31 Å². The van der Waals surface area contributed by atoms with Crippen molar-refractivity contribution in [3.05, 3.63) is 45.8 Å². The highest BCUT2D eigenvalue weighted by Gasteiger charge is 2.29. The van der Waals surface area contributed by atoms with Crippen LogP contribution in [0, 0.1) is 11.8 Å². The molecule has 2 heterocycles. The van der Waals surface area contributed by atoms with E-state index in [0.717, 1.165) is 10.4 Å². The third-order valence-electron chi connectivity index (χ3n) is 5.87. The summed E-state index contributed by atoms with van der Waals surface area (Å²) in [6.45, 7) is 11.0. The predicted octanol–water partition coefficient (Wildman–Crippen LogP) is 3.31. The largest absolute Gasteiger partial charge is 0.365 e. The fourth-order valence-corrected chi connectivity index (χ4v) is 7.24. The van der Waals surface area contributed by atoms with Crippen molar-refractivity contribution in [2.45, 2.75) is 52.5 Å². The van der Waals surface area contributed by atoms with Crippen LogP contribution in [0.15, 0.2) is 29.2 Å². The maximum absolute atomic E-state index is 13.2. The van der Waals surface area contributed by atoms with Crippen molar-refractivity contribution in [1.29, 1.82) is 0 Å². The molecule has 1 aliphatic rings. The summed E-state index contributed by atoms with van der Waals surface area (Å²) in [6, 6.07) is 5.77. The van der Waals surface area contributed by atoms with Crippen molar-refractivity contribution in [2.24, 2.45) is 17.6 Å². The summed E-state index contributed by atoms with van der Waals surface area (Å²) < 4.78 is 27.9. The molecule has 0 atom stereocenters. The van der Waals surface area contributed by atoms with E-state index in [1.54, 1.807) is 4.90 Å². The molecule has 0 radical (unpaired) electrons. The summed E-state index contributed by atoms with van der Waals surface area (Å²) in [6.07, 6.45) is 0.482. The van der Waals surface area contributed by atoms with Crippen molar-refractivity contribution >= 4 is 44.1 Å². The Hall–Kier alpha value is -2.76. The van der Waals surface area contributed by atoms with E-state index < -0.39 is 21.8 Å². The Morgan fingerprint density at radius 1 is 1.08 bits per heavy atom. The molecule has 3 amide bonds. The second kappa shape index (κ2) is 11.1. The standard InChI is InChI=1S/C25H34N4O5S2/c1-15(2)12-29(13-16(3)4)36(33,34)19-8-6-18(7-9-19)24(32)27-25-22(23(26)31)20-10-11-28(17(5)30)14-21(20)35-25/h6-9,15-16H,10-14H2,1-5H3,(H2,26,31)(H,27,32). The molecule has 3 rings (SSSR count). The molecule has 36 heavy (non-hydrogen) atoms. The molecule has 0 bridgehead atoms. The zero-order chi connectivity index (χ0) is 26.8. The molecule has 0 unspecified atom stereocenters. The Morgan fingerprint density at radius 2 is 1.67 bits per heavy atom. The van der Waals surface area contributed by atoms with Crippen molar-refractivity contribution in [3.8, 4) is 0 Å². The molecule has 196 valence electrons. The summed E-state index contributed by atoms with van der Waals surface area (Å²) in [7, 11) is -3.71. The minimum atomic E-state index is -3.71. The van der Waals surface area contributed by atoms with Gasteiger partial charge in [0.1, 0.15) is 5.00 Å². The number of fused-ring (bicyclic) bond motifs is 1. The van der Waals surface area contributed by atoms with E-state index in [2.05, 4.69) is 5.32 Å². The van der Waals surface area contributed by atoms with E-state index in [1.165, 1.54) is 46.8 Å². The highest BCUT2D eigenvalue weighted by molar-refractivity contribution is 7.89. The molecule has 1 aromatic carbocycles. The number of nitrogens with one attached hydrogen (secondary N) is 1. The van der Waals surface area contributed by atoms with Crippen molar-refractivity contribution in [1.82, 2.24) is 9.21 Å². The van der Waals surface area contributed by atoms with Crippen LogP contribution in [0.5, 0.6) is 0 Å². The number of carbonyl (C=O) groups is 3. The van der Waals surface area contributed by atoms with Gasteiger partial charge in [0.25, 0.3) is 11.8 Å². The van der Waals surface area contributed by atoms with Crippen molar-refractivity contribution in [2.75, 3.05) is 25.0 Å². The van der Waals surface area contributed by atoms with Gasteiger partial charge in [-0.25, -0.2) is 8.42 Å². The van der Waals surface area contributed by atoms with Crippen molar-refractivity contribution in [3.63, 3.8) is 0 Å². The lowest BCUT2D eigenvalue weighted by molar-refractivity contribution is -0.129. The van der Waals surface area contributed by atoms with E-state index in [0.29, 0.717) is 37.6 Å². The summed E-state index contributed by atoms with van der Waals surface area (Å²) in [5.74, 6) is -0.847. The molecule has 0 spiro atoms. The number of amides is 3. The molecule has 0 saturated carbocycles. The maximum Gasteiger partial charge on any atom is 0.256 e. The summed E-state index contributed by atoms with van der Waals surface area (Å²) in [5, 5.41) is 3.09. The number of anilines is 1. The average Bonchev–Trinajstić information content (AvgIpc) is 3.15. The molecule has 1 aliphatic heterocycles. The van der Waals surface area contributed by atoms with Crippen LogP contribution >= 0.6 is 11.3 Å². The van der Waals surface area contributed by atoms with Gasteiger partial charge in [0.2, 0.25) is 15.9 Å². The Morgan fingerprint density at radius 3 is 2.17 bits per heavy atom. The van der Waals surface area contributed by atoms with Crippen LogP contribution in [-0.2, 0) is 27.8 Å². The van der Waals surface area contributed by atoms with E-state index in [4.69, 9.17) is 5.73 Å². The maximum atomic E-state index is 13.2. The first-order valence-electron chi connectivity index (χ1n) is 11.9. The summed E-state index contributed by atoms with van der Waals surface area (Å²) in [5.41, 5.74) is 6.90. The zero-order valence-electron chi connectivity index (χ0n) is 21.3. The molecule has 9 nitrogen and oxygen atoms in total. The monoisotopic (exact) mass is 534 g/mol. The minimum Gasteiger partial charge on any atom is -0.365 e. The van der Waals surface area contributed by atoms with E-state index >= 15 is 0 Å². The van der Waals surface area contributed by atoms with Crippen LogP contribution in [-0.4, -0.2) is 55.0 Å². The number of rotatable bonds is 9. The van der Waals surface area contributed by atoms with E-state index in [-0.39, 0.29) is 33.8 Å². The fourth-order valence-electron chi connectivity index (χ4n) is 4.21. The van der Waals surface area contributed by atoms with Crippen LogP contribution in [0.2, 0.25) is 0 Å². The van der Waals surface area contributed by atoms with Gasteiger partial charge in [-0.05, 0) is 48.1 Å². The molecular formula is C25H34N4O5S2. The highest BCUT2D eigenvalue weighted by Crippen LogP contribution is 2.37. The minimum absolute atomic E-state index is 0.0596. The van der Waals surface area contributed by atoms with Crippen molar-refractivity contribution < 1.29 is 22.8 Å². The first-order chi connectivity index (χ1) is 16.8. The number of sulfonamides is 1. The highest BCUT2D eigenvalue weighted by atomic mass is 32.2. The van der Waals surface area contributed by atoms with Gasteiger partial charge >= 0.3 is 0 Å². The van der Waals surface area contributed by atoms with Crippen LogP contribution in [0.25, 0.3) is 0 Å². The van der Waals surface area contributed by atoms with Gasteiger partial charge in [-0.15, -0.1) is 11.3 Å². The van der Waals surface area contributed by atoms with Crippen LogP contribution < -0.4 is 11.1 Å². The topological polar surface area (TPSA) is 130 Å². The summed E-state index contributed by atoms with van der Waals surface area (Å²) in [4.78, 5) is 39.5. The number of carbonyl (C=O) groups excluding carboxylic acids is 3. The lowest BCUT2D eigenvalue weighted by atomic mass is 10.0. The van der Waals surface area contributed by atoms with Gasteiger partial charge in [-0.3, -0.25) is 14.4 Å². The molecule has 3 N–H and O–H groups in total. The SMILES string of the molecule is CC(=O)N1CCc2c(sc(NC(=O)c3ccc(S(=O)(=O)N(CC(C)C)CC(C)C)cc3)c2C(N)=O)C1. The fraction of sp³-hybridized carbons (Fsp3) is 0.480. The Balaban J connectivity index is 1.83. The van der Waals surface area contributed by atoms with Gasteiger partial charge in [0, 0.05) is 37.0 Å². The van der Waals surface area contributed by atoms with Crippen LogP contribution in [0.3, 0.4) is 0 Å². The zero-order valence-corrected chi connectivity index (χ0v) is 23.0. The Bertz CT molecular complexity index is 1240. The van der Waals surface area contributed by atoms with Crippen LogP contribution in [0.4, 0.5) is 5.00 Å². The van der Waals surface area contributed by atoms with Gasteiger partial charge in [0.05, 0.1) is 17.0 Å². The molecule has 0 fully saturated rings. The number of thiophene rings is 1. The molecular weight excluding hydrogens is 500 g/mol. The summed E-state index contributed by atoms with van der Waals surface area (Å²) >= 11 is 1.23. The van der Waals surface area contributed by atoms with E-state index in [1.807, 2.05) is 27.7 Å². The number of primary amides is 1. The molecule has 11 heteroatoms. The predicted molar refractivity (Wildman–Crippen MR) is 140 cm³/mol. The number of nitrogens with zero attached hydrogens (tertiary/aromatic N) is 2. The van der Waals surface area contributed by atoms with Gasteiger partial charge in [-0.1, -0.05) is 27.7 Å². The molecule has 1 aromatic heterocycles. The Kier molecular flexibility index (Phi) is 8.58. The first-order valence-corrected chi connectivity index (χ1v) is 14.2. The average molecular weight is 535 g/mol. The third-order valence-corrected chi connectivity index (χ3v) is 8.85. The van der Waals surface area contributed by atoms with Crippen LogP contribution in [0.1, 0.15) is 65.8 Å². The smallest absolute Gasteiger partial charge is 0.256 e. The number of benzene rings is 1. The first kappa shape index (κ1) is 27.8. The van der Waals surface area contributed by atoms with Gasteiger partial charge in [0.15, 0.2) is 0 Å². The quantitative estimate of drug-likeness (QED) is 0.510. The molecule has 0 aliphatic carbocycles. The second-order valence-corrected chi connectivity index (χ2v) is 12.9. The number of hydrogen-bond donors (Lipinski definition) is 2. The molecule has 0 saturated heterocycles. The number of nitrogens with two attached hydrogens (primary N) is 1. The lowest BCUT2D eigenvalue weighted by Gasteiger charge is -2.25. The Labute approximate surface area is 216 Å². The van der Waals surface area contributed by atoms with Gasteiger partial charge < -0.3 is 16.0 Å². The third kappa shape index (κ3) is 6.13. The second-order valence-electron chi connectivity index (χ2n) is 9.85. The lowest BCUT2D eigenvalue weighted by Crippen LogP contribution is -2.37. The van der Waals surface area contributed by atoms with E-state index in [9.17, 15) is 22.8 Å². The molecule has 2 aromatic rings. The number of hydrogen-bond acceptors (Lipinski definition) is 6. The normalized spacial score (nSPS) is 13.8.